The second-order valence-corrected chi connectivity index (χ2v) is 8.64. The highest BCUT2D eigenvalue weighted by atomic mass is 35.5. The zero-order valence-corrected chi connectivity index (χ0v) is 17.0. The molecule has 1 N–H and O–H groups in total. The highest BCUT2D eigenvalue weighted by molar-refractivity contribution is 7.92. The van der Waals surface area contributed by atoms with Gasteiger partial charge in [0.25, 0.3) is 0 Å². The molecule has 0 radical (unpaired) electrons. The van der Waals surface area contributed by atoms with Crippen LogP contribution < -0.4 is 9.62 Å². The number of benzene rings is 2. The summed E-state index contributed by atoms with van der Waals surface area (Å²) < 4.78 is 25.2. The summed E-state index contributed by atoms with van der Waals surface area (Å²) in [6.45, 7) is 1.08. The standard InChI is InChI=1S/C18H18Cl2N2O4S/c1-12(23)13-4-3-5-16(8-13)22(27(2,25)26)11-18(24)21-10-14-6-7-15(19)9-17(14)20/h3-9H,10-11H2,1-2H3,(H,21,24). The molecule has 144 valence electrons. The summed E-state index contributed by atoms with van der Waals surface area (Å²) in [4.78, 5) is 23.8. The third kappa shape index (κ3) is 5.95. The van der Waals surface area contributed by atoms with E-state index in [9.17, 15) is 18.0 Å². The zero-order chi connectivity index (χ0) is 20.2. The Bertz CT molecular complexity index is 977. The molecule has 0 aliphatic heterocycles. The summed E-state index contributed by atoms with van der Waals surface area (Å²) in [5, 5.41) is 3.51. The molecule has 9 heteroatoms. The van der Waals surface area contributed by atoms with Crippen molar-refractivity contribution in [2.24, 2.45) is 0 Å². The van der Waals surface area contributed by atoms with Gasteiger partial charge in [-0.3, -0.25) is 13.9 Å². The normalized spacial score (nSPS) is 11.1. The highest BCUT2D eigenvalue weighted by Gasteiger charge is 2.21. The molecule has 0 fully saturated rings. The first-order chi connectivity index (χ1) is 12.6. The number of nitrogens with one attached hydrogen (secondary N) is 1. The molecule has 0 saturated heterocycles. The monoisotopic (exact) mass is 428 g/mol. The Kier molecular flexibility index (Phi) is 6.86. The number of amides is 1. The Hall–Kier alpha value is -2.09. The number of hydrogen-bond donors (Lipinski definition) is 1. The first-order valence-corrected chi connectivity index (χ1v) is 10.5. The van der Waals surface area contributed by atoms with Crippen molar-refractivity contribution < 1.29 is 18.0 Å². The molecule has 0 bridgehead atoms. The van der Waals surface area contributed by atoms with E-state index in [0.29, 0.717) is 21.2 Å². The predicted molar refractivity (Wildman–Crippen MR) is 107 cm³/mol. The summed E-state index contributed by atoms with van der Waals surface area (Å²) in [5.74, 6) is -0.716. The molecule has 2 aromatic carbocycles. The van der Waals surface area contributed by atoms with Gasteiger partial charge in [-0.25, -0.2) is 8.42 Å². The van der Waals surface area contributed by atoms with Crippen LogP contribution in [0.2, 0.25) is 10.0 Å². The van der Waals surface area contributed by atoms with Gasteiger partial charge in [0, 0.05) is 22.2 Å². The van der Waals surface area contributed by atoms with Crippen molar-refractivity contribution in [3.05, 3.63) is 63.6 Å². The van der Waals surface area contributed by atoms with Crippen molar-refractivity contribution in [3.63, 3.8) is 0 Å². The van der Waals surface area contributed by atoms with Crippen molar-refractivity contribution >= 4 is 50.6 Å². The van der Waals surface area contributed by atoms with Gasteiger partial charge in [0.05, 0.1) is 11.9 Å². The van der Waals surface area contributed by atoms with Crippen molar-refractivity contribution in [1.82, 2.24) is 5.32 Å². The lowest BCUT2D eigenvalue weighted by Gasteiger charge is -2.22. The van der Waals surface area contributed by atoms with Crippen LogP contribution in [0.1, 0.15) is 22.8 Å². The van der Waals surface area contributed by atoms with Crippen molar-refractivity contribution in [2.75, 3.05) is 17.1 Å². The average molecular weight is 429 g/mol. The quantitative estimate of drug-likeness (QED) is 0.685. The Morgan fingerprint density at radius 1 is 1.11 bits per heavy atom. The number of anilines is 1. The van der Waals surface area contributed by atoms with Crippen LogP contribution in [0.15, 0.2) is 42.5 Å². The van der Waals surface area contributed by atoms with E-state index in [-0.39, 0.29) is 18.0 Å². The summed E-state index contributed by atoms with van der Waals surface area (Å²) in [6.07, 6.45) is 0.997. The SMILES string of the molecule is CC(=O)c1cccc(N(CC(=O)NCc2ccc(Cl)cc2Cl)S(C)(=O)=O)c1. The highest BCUT2D eigenvalue weighted by Crippen LogP contribution is 2.21. The Morgan fingerprint density at radius 3 is 2.41 bits per heavy atom. The summed E-state index contributed by atoms with van der Waals surface area (Å²) in [5.41, 5.74) is 1.25. The molecule has 0 aromatic heterocycles. The van der Waals surface area contributed by atoms with Gasteiger partial charge in [0.15, 0.2) is 5.78 Å². The average Bonchev–Trinajstić information content (AvgIpc) is 2.58. The Morgan fingerprint density at radius 2 is 1.81 bits per heavy atom. The third-order valence-corrected chi connectivity index (χ3v) is 5.45. The van der Waals surface area contributed by atoms with E-state index in [1.807, 2.05) is 0 Å². The molecular formula is C18H18Cl2N2O4S. The lowest BCUT2D eigenvalue weighted by atomic mass is 10.1. The molecule has 2 rings (SSSR count). The number of halogens is 2. The van der Waals surface area contributed by atoms with Crippen LogP contribution in [0.3, 0.4) is 0 Å². The van der Waals surface area contributed by atoms with E-state index in [4.69, 9.17) is 23.2 Å². The van der Waals surface area contributed by atoms with E-state index in [2.05, 4.69) is 5.32 Å². The second kappa shape index (κ2) is 8.73. The van der Waals surface area contributed by atoms with Gasteiger partial charge in [-0.05, 0) is 36.8 Å². The molecule has 0 aliphatic carbocycles. The van der Waals surface area contributed by atoms with Crippen LogP contribution in [0, 0.1) is 0 Å². The minimum atomic E-state index is -3.73. The van der Waals surface area contributed by atoms with E-state index in [0.717, 1.165) is 10.6 Å². The second-order valence-electron chi connectivity index (χ2n) is 5.89. The molecule has 0 unspecified atom stereocenters. The van der Waals surface area contributed by atoms with Gasteiger partial charge in [0.2, 0.25) is 15.9 Å². The number of carbonyl (C=O) groups excluding carboxylic acids is 2. The van der Waals surface area contributed by atoms with Gasteiger partial charge in [-0.2, -0.15) is 0 Å². The van der Waals surface area contributed by atoms with E-state index >= 15 is 0 Å². The number of hydrogen-bond acceptors (Lipinski definition) is 4. The minimum absolute atomic E-state index is 0.125. The third-order valence-electron chi connectivity index (χ3n) is 3.72. The number of nitrogens with zero attached hydrogens (tertiary/aromatic N) is 1. The number of carbonyl (C=O) groups is 2. The van der Waals surface area contributed by atoms with Crippen molar-refractivity contribution in [1.29, 1.82) is 0 Å². The lowest BCUT2D eigenvalue weighted by Crippen LogP contribution is -2.40. The van der Waals surface area contributed by atoms with Gasteiger partial charge >= 0.3 is 0 Å². The zero-order valence-electron chi connectivity index (χ0n) is 14.7. The van der Waals surface area contributed by atoms with Crippen LogP contribution in [-0.4, -0.2) is 32.9 Å². The molecule has 0 heterocycles. The van der Waals surface area contributed by atoms with E-state index in [1.54, 1.807) is 30.3 Å². The molecule has 6 nitrogen and oxygen atoms in total. The van der Waals surface area contributed by atoms with Crippen LogP contribution in [0.4, 0.5) is 5.69 Å². The van der Waals surface area contributed by atoms with E-state index in [1.165, 1.54) is 19.1 Å². The Balaban J connectivity index is 2.15. The molecule has 0 atom stereocenters. The fourth-order valence-corrected chi connectivity index (χ4v) is 3.65. The fraction of sp³-hybridized carbons (Fsp3) is 0.222. The summed E-state index contributed by atoms with van der Waals surface area (Å²) >= 11 is 11.9. The summed E-state index contributed by atoms with van der Waals surface area (Å²) in [7, 11) is -3.73. The van der Waals surface area contributed by atoms with Crippen molar-refractivity contribution in [2.45, 2.75) is 13.5 Å². The van der Waals surface area contributed by atoms with Gasteiger partial charge in [-0.1, -0.05) is 41.4 Å². The molecule has 0 saturated carbocycles. The first kappa shape index (κ1) is 21.2. The molecule has 0 spiro atoms. The molecule has 2 aromatic rings. The number of rotatable bonds is 7. The molecular weight excluding hydrogens is 411 g/mol. The molecule has 0 aliphatic rings. The maximum absolute atomic E-state index is 12.3. The predicted octanol–water partition coefficient (Wildman–Crippen LogP) is 3.28. The van der Waals surface area contributed by atoms with Gasteiger partial charge in [-0.15, -0.1) is 0 Å². The number of Topliss-reactive ketones (excluding diaryl/α,β-unsaturated/α-hetero) is 1. The van der Waals surface area contributed by atoms with Crippen LogP contribution in [-0.2, 0) is 21.4 Å². The van der Waals surface area contributed by atoms with Gasteiger partial charge < -0.3 is 5.32 Å². The molecule has 1 amide bonds. The van der Waals surface area contributed by atoms with E-state index < -0.39 is 22.5 Å². The molecule has 27 heavy (non-hydrogen) atoms. The number of ketones is 1. The van der Waals surface area contributed by atoms with Gasteiger partial charge in [0.1, 0.15) is 6.54 Å². The topological polar surface area (TPSA) is 83.6 Å². The number of sulfonamides is 1. The van der Waals surface area contributed by atoms with Crippen LogP contribution in [0.25, 0.3) is 0 Å². The Labute approximate surface area is 168 Å². The fourth-order valence-electron chi connectivity index (χ4n) is 2.33. The summed E-state index contributed by atoms with van der Waals surface area (Å²) in [6, 6.07) is 11.0. The maximum atomic E-state index is 12.3. The first-order valence-electron chi connectivity index (χ1n) is 7.87. The minimum Gasteiger partial charge on any atom is -0.350 e. The maximum Gasteiger partial charge on any atom is 0.241 e. The van der Waals surface area contributed by atoms with Crippen molar-refractivity contribution in [3.8, 4) is 0 Å². The van der Waals surface area contributed by atoms with Crippen LogP contribution in [0.5, 0.6) is 0 Å². The van der Waals surface area contributed by atoms with Crippen LogP contribution >= 0.6 is 23.2 Å². The smallest absolute Gasteiger partial charge is 0.241 e. The largest absolute Gasteiger partial charge is 0.350 e. The lowest BCUT2D eigenvalue weighted by molar-refractivity contribution is -0.119.